The first-order valence-electron chi connectivity index (χ1n) is 11.4. The summed E-state index contributed by atoms with van der Waals surface area (Å²) in [6.07, 6.45) is 2.48. The molecule has 1 heterocycles. The van der Waals surface area contributed by atoms with E-state index in [-0.39, 0.29) is 28.9 Å². The number of amides is 1. The maximum atomic E-state index is 13.8. The molecule has 1 amide bonds. The Morgan fingerprint density at radius 3 is 2.34 bits per heavy atom. The molecule has 3 aromatic rings. The minimum atomic E-state index is -3.23. The van der Waals surface area contributed by atoms with Crippen molar-refractivity contribution in [3.8, 4) is 11.1 Å². The number of hydrogen-bond donors (Lipinski definition) is 0. The normalized spacial score (nSPS) is 14.8. The fourth-order valence-corrected chi connectivity index (χ4v) is 4.79. The summed E-state index contributed by atoms with van der Waals surface area (Å²) < 4.78 is 56.3. The first-order valence-corrected chi connectivity index (χ1v) is 13.3. The van der Waals surface area contributed by atoms with Crippen LogP contribution in [0, 0.1) is 11.6 Å². The van der Waals surface area contributed by atoms with Crippen LogP contribution in [0.5, 0.6) is 0 Å². The summed E-state index contributed by atoms with van der Waals surface area (Å²) in [5, 5.41) is 0. The fourth-order valence-electron chi connectivity index (χ4n) is 4.16. The number of likely N-dealkylation sites (tertiary alicyclic amines) is 1. The van der Waals surface area contributed by atoms with Gasteiger partial charge in [0.25, 0.3) is 0 Å². The molecule has 1 aliphatic rings. The summed E-state index contributed by atoms with van der Waals surface area (Å²) in [4.78, 5) is 14.5. The van der Waals surface area contributed by atoms with Crippen LogP contribution in [0.3, 0.4) is 0 Å². The van der Waals surface area contributed by atoms with Crippen LogP contribution in [0.2, 0.25) is 0 Å². The Hall–Kier alpha value is -3.10. The highest BCUT2D eigenvalue weighted by molar-refractivity contribution is 7.90. The number of carbonyl (C=O) groups is 1. The Bertz CT molecular complexity index is 1300. The molecule has 5 nitrogen and oxygen atoms in total. The van der Waals surface area contributed by atoms with E-state index in [0.29, 0.717) is 32.5 Å². The molecule has 0 bridgehead atoms. The number of benzene rings is 3. The SMILES string of the molecule is CS(=O)(=O)c1ccc(-c2cccc(COC3CCN(C(=O)Cc4ccc(F)cc4F)CC3)c2)cc1. The summed E-state index contributed by atoms with van der Waals surface area (Å²) >= 11 is 0. The lowest BCUT2D eigenvalue weighted by molar-refractivity contribution is -0.133. The van der Waals surface area contributed by atoms with Crippen LogP contribution in [0.15, 0.2) is 71.6 Å². The second-order valence-electron chi connectivity index (χ2n) is 8.80. The van der Waals surface area contributed by atoms with E-state index in [4.69, 9.17) is 4.74 Å². The van der Waals surface area contributed by atoms with E-state index < -0.39 is 21.5 Å². The smallest absolute Gasteiger partial charge is 0.227 e. The van der Waals surface area contributed by atoms with Gasteiger partial charge >= 0.3 is 0 Å². The maximum Gasteiger partial charge on any atom is 0.227 e. The fraction of sp³-hybridized carbons (Fsp3) is 0.296. The minimum Gasteiger partial charge on any atom is -0.373 e. The third kappa shape index (κ3) is 6.52. The van der Waals surface area contributed by atoms with Crippen molar-refractivity contribution in [3.63, 3.8) is 0 Å². The van der Waals surface area contributed by atoms with Gasteiger partial charge in [0.1, 0.15) is 11.6 Å². The van der Waals surface area contributed by atoms with E-state index in [2.05, 4.69) is 0 Å². The lowest BCUT2D eigenvalue weighted by atomic mass is 10.0. The van der Waals surface area contributed by atoms with Crippen LogP contribution >= 0.6 is 0 Å². The largest absolute Gasteiger partial charge is 0.373 e. The summed E-state index contributed by atoms with van der Waals surface area (Å²) in [7, 11) is -3.23. The topological polar surface area (TPSA) is 63.7 Å². The van der Waals surface area contributed by atoms with Crippen molar-refractivity contribution in [3.05, 3.63) is 89.5 Å². The molecular weight excluding hydrogens is 472 g/mol. The van der Waals surface area contributed by atoms with E-state index in [9.17, 15) is 22.0 Å². The molecule has 0 radical (unpaired) electrons. The number of rotatable bonds is 7. The van der Waals surface area contributed by atoms with Crippen molar-refractivity contribution >= 4 is 15.7 Å². The summed E-state index contributed by atoms with van der Waals surface area (Å²) in [6.45, 7) is 1.48. The molecule has 35 heavy (non-hydrogen) atoms. The molecule has 1 aliphatic heterocycles. The molecule has 184 valence electrons. The van der Waals surface area contributed by atoms with Crippen molar-refractivity contribution in [1.29, 1.82) is 0 Å². The van der Waals surface area contributed by atoms with Crippen LogP contribution < -0.4 is 0 Å². The van der Waals surface area contributed by atoms with Gasteiger partial charge in [0.05, 0.1) is 24.0 Å². The number of nitrogens with zero attached hydrogens (tertiary/aromatic N) is 1. The molecule has 0 saturated carbocycles. The molecule has 0 aliphatic carbocycles. The maximum absolute atomic E-state index is 13.8. The van der Waals surface area contributed by atoms with Gasteiger partial charge in [-0.2, -0.15) is 0 Å². The number of halogens is 2. The zero-order valence-electron chi connectivity index (χ0n) is 19.4. The quantitative estimate of drug-likeness (QED) is 0.469. The van der Waals surface area contributed by atoms with Crippen LogP contribution in [0.25, 0.3) is 11.1 Å². The van der Waals surface area contributed by atoms with E-state index in [1.165, 1.54) is 12.3 Å². The monoisotopic (exact) mass is 499 g/mol. The van der Waals surface area contributed by atoms with Crippen molar-refractivity contribution in [2.45, 2.75) is 36.9 Å². The molecule has 3 aromatic carbocycles. The highest BCUT2D eigenvalue weighted by Gasteiger charge is 2.24. The molecule has 1 saturated heterocycles. The zero-order chi connectivity index (χ0) is 25.0. The molecule has 0 spiro atoms. The van der Waals surface area contributed by atoms with Crippen LogP contribution in [0.1, 0.15) is 24.0 Å². The average Bonchev–Trinajstić information content (AvgIpc) is 2.84. The molecule has 4 rings (SSSR count). The van der Waals surface area contributed by atoms with Gasteiger partial charge in [0.2, 0.25) is 5.91 Å². The predicted molar refractivity (Wildman–Crippen MR) is 129 cm³/mol. The van der Waals surface area contributed by atoms with Gasteiger partial charge in [-0.05, 0) is 59.4 Å². The first-order chi connectivity index (χ1) is 16.7. The zero-order valence-corrected chi connectivity index (χ0v) is 20.2. The lowest BCUT2D eigenvalue weighted by Gasteiger charge is -2.32. The van der Waals surface area contributed by atoms with Crippen LogP contribution in [-0.4, -0.2) is 44.7 Å². The number of sulfone groups is 1. The first kappa shape index (κ1) is 25.0. The summed E-state index contributed by atoms with van der Waals surface area (Å²) in [6, 6.07) is 18.0. The predicted octanol–water partition coefficient (Wildman–Crippen LogP) is 4.79. The van der Waals surface area contributed by atoms with Gasteiger partial charge in [-0.15, -0.1) is 0 Å². The van der Waals surface area contributed by atoms with Crippen molar-refractivity contribution in [2.75, 3.05) is 19.3 Å². The lowest BCUT2D eigenvalue weighted by Crippen LogP contribution is -2.41. The van der Waals surface area contributed by atoms with Crippen LogP contribution in [0.4, 0.5) is 8.78 Å². The highest BCUT2D eigenvalue weighted by atomic mass is 32.2. The van der Waals surface area contributed by atoms with Gasteiger partial charge in [0, 0.05) is 25.4 Å². The van der Waals surface area contributed by atoms with E-state index in [1.807, 2.05) is 24.3 Å². The second-order valence-corrected chi connectivity index (χ2v) is 10.8. The Labute approximate surface area is 204 Å². The molecular formula is C27H27F2NO4S. The van der Waals surface area contributed by atoms with Crippen LogP contribution in [-0.2, 0) is 32.4 Å². The van der Waals surface area contributed by atoms with Gasteiger partial charge in [0.15, 0.2) is 9.84 Å². The molecule has 0 unspecified atom stereocenters. The van der Waals surface area contributed by atoms with Gasteiger partial charge < -0.3 is 9.64 Å². The summed E-state index contributed by atoms with van der Waals surface area (Å²) in [5.41, 5.74) is 3.09. The summed E-state index contributed by atoms with van der Waals surface area (Å²) in [5.74, 6) is -1.54. The standard InChI is InChI=1S/C27H27F2NO4S/c1-35(32,33)25-9-6-20(7-10-25)21-4-2-3-19(15-21)18-34-24-11-13-30(14-12-24)27(31)16-22-5-8-23(28)17-26(22)29/h2-10,15,17,24H,11-14,16,18H2,1H3. The molecule has 0 N–H and O–H groups in total. The number of carbonyl (C=O) groups excluding carboxylic acids is 1. The molecule has 8 heteroatoms. The van der Waals surface area contributed by atoms with Gasteiger partial charge in [-0.25, -0.2) is 17.2 Å². The van der Waals surface area contributed by atoms with Gasteiger partial charge in [-0.1, -0.05) is 36.4 Å². The van der Waals surface area contributed by atoms with E-state index >= 15 is 0 Å². The van der Waals surface area contributed by atoms with Gasteiger partial charge in [-0.3, -0.25) is 4.79 Å². The Morgan fingerprint density at radius 2 is 1.69 bits per heavy atom. The highest BCUT2D eigenvalue weighted by Crippen LogP contribution is 2.24. The Kier molecular flexibility index (Phi) is 7.62. The number of piperidine rings is 1. The number of hydrogen-bond acceptors (Lipinski definition) is 4. The van der Waals surface area contributed by atoms with E-state index in [1.54, 1.807) is 29.2 Å². The van der Waals surface area contributed by atoms with E-state index in [0.717, 1.165) is 28.8 Å². The minimum absolute atomic E-state index is 0.0132. The molecule has 0 atom stereocenters. The molecule has 0 aromatic heterocycles. The third-order valence-corrected chi connectivity index (χ3v) is 7.31. The van der Waals surface area contributed by atoms with Crippen molar-refractivity contribution < 1.29 is 26.7 Å². The number of ether oxygens (including phenoxy) is 1. The average molecular weight is 500 g/mol. The van der Waals surface area contributed by atoms with Crippen molar-refractivity contribution in [1.82, 2.24) is 4.90 Å². The molecule has 1 fully saturated rings. The Morgan fingerprint density at radius 1 is 0.971 bits per heavy atom. The van der Waals surface area contributed by atoms with Crippen molar-refractivity contribution in [2.24, 2.45) is 0 Å². The third-order valence-electron chi connectivity index (χ3n) is 6.18. The Balaban J connectivity index is 1.28. The second kappa shape index (κ2) is 10.7.